The Morgan fingerprint density at radius 3 is 2.72 bits per heavy atom. The first-order valence-corrected chi connectivity index (χ1v) is 6.36. The third kappa shape index (κ3) is 3.22. The number of rotatable bonds is 3. The van der Waals surface area contributed by atoms with Crippen LogP contribution in [0.25, 0.3) is 0 Å². The lowest BCUT2D eigenvalue weighted by Crippen LogP contribution is -2.03. The van der Waals surface area contributed by atoms with E-state index in [1.165, 1.54) is 0 Å². The number of aryl methyl sites for hydroxylation is 1. The Morgan fingerprint density at radius 1 is 1.22 bits per heavy atom. The average Bonchev–Trinajstić information content (AvgIpc) is 2.34. The van der Waals surface area contributed by atoms with Gasteiger partial charge in [-0.05, 0) is 48.4 Å². The van der Waals surface area contributed by atoms with Crippen LogP contribution in [-0.2, 0) is 6.42 Å². The molecule has 0 saturated carbocycles. The van der Waals surface area contributed by atoms with E-state index in [0.29, 0.717) is 16.5 Å². The second kappa shape index (κ2) is 5.70. The summed E-state index contributed by atoms with van der Waals surface area (Å²) in [5.41, 5.74) is 2.55. The highest BCUT2D eigenvalue weighted by atomic mass is 35.5. The number of benzene rings is 1. The van der Waals surface area contributed by atoms with Crippen LogP contribution in [0.2, 0.25) is 10.0 Å². The molecule has 18 heavy (non-hydrogen) atoms. The summed E-state index contributed by atoms with van der Waals surface area (Å²) >= 11 is 12.0. The number of aliphatic hydroxyl groups excluding tert-OH is 1. The Labute approximate surface area is 116 Å². The van der Waals surface area contributed by atoms with Crippen LogP contribution < -0.4 is 0 Å². The molecule has 0 bridgehead atoms. The molecular weight excluding hydrogens is 269 g/mol. The van der Waals surface area contributed by atoms with Crippen molar-refractivity contribution in [3.8, 4) is 0 Å². The van der Waals surface area contributed by atoms with Crippen molar-refractivity contribution in [2.75, 3.05) is 0 Å². The van der Waals surface area contributed by atoms with Gasteiger partial charge in [0.2, 0.25) is 0 Å². The zero-order valence-electron chi connectivity index (χ0n) is 9.90. The fraction of sp³-hybridized carbons (Fsp3) is 0.214. The molecule has 1 heterocycles. The second-order valence-electron chi connectivity index (χ2n) is 4.19. The fourth-order valence-corrected chi connectivity index (χ4v) is 2.19. The summed E-state index contributed by atoms with van der Waals surface area (Å²) in [5.74, 6) is 0. The van der Waals surface area contributed by atoms with Crippen LogP contribution >= 0.6 is 23.2 Å². The molecule has 0 aliphatic heterocycles. The number of hydrogen-bond acceptors (Lipinski definition) is 2. The highest BCUT2D eigenvalue weighted by molar-refractivity contribution is 6.33. The van der Waals surface area contributed by atoms with Gasteiger partial charge in [0.1, 0.15) is 0 Å². The van der Waals surface area contributed by atoms with Crippen LogP contribution in [0.15, 0.2) is 36.5 Å². The Morgan fingerprint density at radius 2 is 2.00 bits per heavy atom. The molecule has 2 rings (SSSR count). The Hall–Kier alpha value is -1.09. The molecule has 94 valence electrons. The first-order chi connectivity index (χ1) is 8.56. The molecule has 1 N–H and O–H groups in total. The monoisotopic (exact) mass is 281 g/mol. The second-order valence-corrected chi connectivity index (χ2v) is 5.03. The van der Waals surface area contributed by atoms with Crippen molar-refractivity contribution in [2.24, 2.45) is 0 Å². The largest absolute Gasteiger partial charge is 0.388 e. The maximum atomic E-state index is 10.2. The van der Waals surface area contributed by atoms with Crippen LogP contribution in [0, 0.1) is 6.92 Å². The number of aromatic nitrogens is 1. The van der Waals surface area contributed by atoms with Gasteiger partial charge < -0.3 is 5.11 Å². The molecular formula is C14H13Cl2NO. The molecule has 0 aliphatic carbocycles. The molecule has 0 amide bonds. The van der Waals surface area contributed by atoms with E-state index in [1.54, 1.807) is 30.5 Å². The summed E-state index contributed by atoms with van der Waals surface area (Å²) in [7, 11) is 0. The van der Waals surface area contributed by atoms with E-state index in [1.807, 2.05) is 13.0 Å². The van der Waals surface area contributed by atoms with Gasteiger partial charge in [0.05, 0.1) is 6.10 Å². The topological polar surface area (TPSA) is 33.1 Å². The first-order valence-electron chi connectivity index (χ1n) is 5.61. The standard InChI is InChI=1S/C14H13Cl2NO/c1-9-6-10(4-5-17-9)14(18)8-11-7-12(15)2-3-13(11)16/h2-7,14,18H,8H2,1H3. The molecule has 0 aliphatic rings. The minimum absolute atomic E-state index is 0.433. The molecule has 0 spiro atoms. The number of aliphatic hydroxyl groups is 1. The van der Waals surface area contributed by atoms with Crippen molar-refractivity contribution >= 4 is 23.2 Å². The highest BCUT2D eigenvalue weighted by Crippen LogP contribution is 2.26. The lowest BCUT2D eigenvalue weighted by Gasteiger charge is -2.12. The van der Waals surface area contributed by atoms with Gasteiger partial charge in [-0.3, -0.25) is 4.98 Å². The van der Waals surface area contributed by atoms with Gasteiger partial charge in [0, 0.05) is 28.4 Å². The summed E-state index contributed by atoms with van der Waals surface area (Å²) < 4.78 is 0. The van der Waals surface area contributed by atoms with Crippen LogP contribution in [-0.4, -0.2) is 10.1 Å². The summed E-state index contributed by atoms with van der Waals surface area (Å²) in [6, 6.07) is 8.92. The van der Waals surface area contributed by atoms with Crippen molar-refractivity contribution in [1.82, 2.24) is 4.98 Å². The van der Waals surface area contributed by atoms with Crippen molar-refractivity contribution in [3.63, 3.8) is 0 Å². The minimum Gasteiger partial charge on any atom is -0.388 e. The summed E-state index contributed by atoms with van der Waals surface area (Å²) in [4.78, 5) is 4.10. The van der Waals surface area contributed by atoms with E-state index >= 15 is 0 Å². The number of pyridine rings is 1. The van der Waals surface area contributed by atoms with Crippen LogP contribution in [0.5, 0.6) is 0 Å². The van der Waals surface area contributed by atoms with Crippen molar-refractivity contribution in [1.29, 1.82) is 0 Å². The van der Waals surface area contributed by atoms with Crippen LogP contribution in [0.4, 0.5) is 0 Å². The van der Waals surface area contributed by atoms with Crippen molar-refractivity contribution in [2.45, 2.75) is 19.4 Å². The Kier molecular flexibility index (Phi) is 4.23. The summed E-state index contributed by atoms with van der Waals surface area (Å²) in [6.07, 6.45) is 1.51. The lowest BCUT2D eigenvalue weighted by atomic mass is 10.0. The summed E-state index contributed by atoms with van der Waals surface area (Å²) in [6.45, 7) is 1.89. The Bertz CT molecular complexity index is 557. The van der Waals surface area contributed by atoms with Crippen LogP contribution in [0.3, 0.4) is 0 Å². The quantitative estimate of drug-likeness (QED) is 0.923. The van der Waals surface area contributed by atoms with E-state index in [0.717, 1.165) is 16.8 Å². The fourth-order valence-electron chi connectivity index (χ4n) is 1.80. The van der Waals surface area contributed by atoms with Gasteiger partial charge in [-0.2, -0.15) is 0 Å². The van der Waals surface area contributed by atoms with E-state index in [4.69, 9.17) is 23.2 Å². The van der Waals surface area contributed by atoms with E-state index in [9.17, 15) is 5.11 Å². The van der Waals surface area contributed by atoms with Crippen molar-refractivity contribution in [3.05, 3.63) is 63.4 Å². The third-order valence-electron chi connectivity index (χ3n) is 2.73. The molecule has 1 unspecified atom stereocenters. The van der Waals surface area contributed by atoms with E-state index in [2.05, 4.69) is 4.98 Å². The molecule has 1 aromatic heterocycles. The van der Waals surface area contributed by atoms with Gasteiger partial charge in [-0.25, -0.2) is 0 Å². The zero-order valence-corrected chi connectivity index (χ0v) is 11.4. The zero-order chi connectivity index (χ0) is 13.1. The SMILES string of the molecule is Cc1cc(C(O)Cc2cc(Cl)ccc2Cl)ccn1. The smallest absolute Gasteiger partial charge is 0.0832 e. The number of nitrogens with zero attached hydrogens (tertiary/aromatic N) is 1. The molecule has 1 aromatic carbocycles. The van der Waals surface area contributed by atoms with Gasteiger partial charge in [0.25, 0.3) is 0 Å². The molecule has 0 fully saturated rings. The molecule has 2 aromatic rings. The first kappa shape index (κ1) is 13.3. The van der Waals surface area contributed by atoms with Crippen molar-refractivity contribution < 1.29 is 5.11 Å². The number of halogens is 2. The van der Waals surface area contributed by atoms with E-state index in [-0.39, 0.29) is 0 Å². The van der Waals surface area contributed by atoms with Gasteiger partial charge in [-0.1, -0.05) is 23.2 Å². The molecule has 1 atom stereocenters. The Balaban J connectivity index is 2.21. The van der Waals surface area contributed by atoms with Gasteiger partial charge >= 0.3 is 0 Å². The van der Waals surface area contributed by atoms with Gasteiger partial charge in [-0.15, -0.1) is 0 Å². The average molecular weight is 282 g/mol. The van der Waals surface area contributed by atoms with E-state index < -0.39 is 6.10 Å². The maximum absolute atomic E-state index is 10.2. The maximum Gasteiger partial charge on any atom is 0.0832 e. The molecule has 4 heteroatoms. The minimum atomic E-state index is -0.609. The lowest BCUT2D eigenvalue weighted by molar-refractivity contribution is 0.178. The molecule has 2 nitrogen and oxygen atoms in total. The number of hydrogen-bond donors (Lipinski definition) is 1. The third-order valence-corrected chi connectivity index (χ3v) is 3.33. The highest BCUT2D eigenvalue weighted by Gasteiger charge is 2.11. The predicted octanol–water partition coefficient (Wildman–Crippen LogP) is 3.97. The normalized spacial score (nSPS) is 12.4. The van der Waals surface area contributed by atoms with Gasteiger partial charge in [0.15, 0.2) is 0 Å². The molecule has 0 saturated heterocycles. The predicted molar refractivity (Wildman–Crippen MR) is 74.1 cm³/mol. The molecule has 0 radical (unpaired) electrons. The summed E-state index contributed by atoms with van der Waals surface area (Å²) in [5, 5.41) is 11.4. The van der Waals surface area contributed by atoms with Crippen LogP contribution in [0.1, 0.15) is 22.9 Å².